The number of hydrogen-bond donors (Lipinski definition) is 1. The Morgan fingerprint density at radius 3 is 2.07 bits per heavy atom. The van der Waals surface area contributed by atoms with Crippen LogP contribution >= 0.6 is 0 Å². The number of nitrogens with zero attached hydrogens (tertiary/aromatic N) is 1. The van der Waals surface area contributed by atoms with Crippen molar-refractivity contribution in [3.05, 3.63) is 70.5 Å². The van der Waals surface area contributed by atoms with Crippen molar-refractivity contribution in [1.82, 2.24) is 10.2 Å². The molecule has 2 saturated heterocycles. The molecule has 5 nitrogen and oxygen atoms in total. The number of benzene rings is 2. The van der Waals surface area contributed by atoms with E-state index >= 15 is 0 Å². The lowest BCUT2D eigenvalue weighted by molar-refractivity contribution is -0.143. The van der Waals surface area contributed by atoms with Crippen LogP contribution in [-0.4, -0.2) is 40.9 Å². The summed E-state index contributed by atoms with van der Waals surface area (Å²) in [7, 11) is 0. The lowest BCUT2D eigenvalue weighted by Crippen LogP contribution is -2.55. The molecule has 224 valence electrons. The topological polar surface area (TPSA) is 58.6 Å². The molecule has 0 aliphatic carbocycles. The Kier molecular flexibility index (Phi) is 8.20. The van der Waals surface area contributed by atoms with Crippen molar-refractivity contribution in [3.8, 4) is 0 Å². The number of ether oxygens (including phenoxy) is 1. The van der Waals surface area contributed by atoms with Crippen molar-refractivity contribution < 1.29 is 45.1 Å². The Morgan fingerprint density at radius 2 is 1.56 bits per heavy atom. The molecule has 2 aromatic rings. The lowest BCUT2D eigenvalue weighted by Gasteiger charge is -2.43. The van der Waals surface area contributed by atoms with Crippen LogP contribution in [0.4, 0.5) is 30.7 Å². The van der Waals surface area contributed by atoms with Crippen LogP contribution in [0.15, 0.2) is 42.5 Å². The molecule has 4 rings (SSSR count). The van der Waals surface area contributed by atoms with E-state index in [1.54, 1.807) is 4.90 Å². The fourth-order valence-electron chi connectivity index (χ4n) is 6.06. The zero-order chi connectivity index (χ0) is 30.5. The number of halogens is 7. The van der Waals surface area contributed by atoms with Crippen molar-refractivity contribution in [2.45, 2.75) is 82.6 Å². The van der Waals surface area contributed by atoms with Gasteiger partial charge >= 0.3 is 12.4 Å². The van der Waals surface area contributed by atoms with Crippen LogP contribution in [0.5, 0.6) is 0 Å². The Morgan fingerprint density at radius 1 is 1.00 bits per heavy atom. The van der Waals surface area contributed by atoms with Crippen LogP contribution < -0.4 is 5.32 Å². The number of piperidine rings is 1. The predicted octanol–water partition coefficient (Wildman–Crippen LogP) is 6.63. The summed E-state index contributed by atoms with van der Waals surface area (Å²) in [6.45, 7) is 6.41. The number of rotatable bonds is 6. The maximum absolute atomic E-state index is 13.8. The van der Waals surface area contributed by atoms with Gasteiger partial charge in [0, 0.05) is 37.4 Å². The highest BCUT2D eigenvalue weighted by Crippen LogP contribution is 2.46. The summed E-state index contributed by atoms with van der Waals surface area (Å²) < 4.78 is 101. The smallest absolute Gasteiger partial charge is 0.368 e. The molecule has 0 aromatic heterocycles. The summed E-state index contributed by atoms with van der Waals surface area (Å²) in [6.07, 6.45) is -11.5. The summed E-state index contributed by atoms with van der Waals surface area (Å²) in [6, 6.07) is 6.41. The van der Waals surface area contributed by atoms with Gasteiger partial charge in [-0.1, -0.05) is 12.1 Å². The molecule has 41 heavy (non-hydrogen) atoms. The second-order valence-electron chi connectivity index (χ2n) is 11.4. The number of nitrogens with one attached hydrogen (secondary N) is 1. The van der Waals surface area contributed by atoms with E-state index in [1.807, 2.05) is 13.8 Å². The largest absolute Gasteiger partial charge is 0.416 e. The molecule has 1 N–H and O–H groups in total. The molecule has 0 saturated carbocycles. The molecular formula is C29H31F7N2O3. The second-order valence-corrected chi connectivity index (χ2v) is 11.4. The molecule has 0 bridgehead atoms. The maximum Gasteiger partial charge on any atom is 0.416 e. The van der Waals surface area contributed by atoms with Crippen LogP contribution in [-0.2, 0) is 26.7 Å². The predicted molar refractivity (Wildman–Crippen MR) is 135 cm³/mol. The average Bonchev–Trinajstić information content (AvgIpc) is 3.21. The van der Waals surface area contributed by atoms with Crippen molar-refractivity contribution >= 4 is 11.8 Å². The van der Waals surface area contributed by atoms with Crippen LogP contribution in [0.25, 0.3) is 0 Å². The van der Waals surface area contributed by atoms with Crippen LogP contribution in [0.1, 0.15) is 74.8 Å². The van der Waals surface area contributed by atoms with Crippen molar-refractivity contribution in [2.24, 2.45) is 5.92 Å². The van der Waals surface area contributed by atoms with Gasteiger partial charge in [-0.2, -0.15) is 26.3 Å². The molecule has 2 fully saturated rings. The van der Waals surface area contributed by atoms with Gasteiger partial charge in [-0.25, -0.2) is 4.39 Å². The molecular weight excluding hydrogens is 557 g/mol. The van der Waals surface area contributed by atoms with Crippen LogP contribution in [0, 0.1) is 11.7 Å². The Bertz CT molecular complexity index is 1260. The number of carbonyl (C=O) groups excluding carboxylic acids is 2. The lowest BCUT2D eigenvalue weighted by atomic mass is 9.74. The minimum atomic E-state index is -5.01. The van der Waals surface area contributed by atoms with Gasteiger partial charge in [-0.05, 0) is 74.6 Å². The molecule has 2 aliphatic heterocycles. The third-order valence-electron chi connectivity index (χ3n) is 8.09. The van der Waals surface area contributed by atoms with Gasteiger partial charge in [0.1, 0.15) is 5.82 Å². The molecule has 2 heterocycles. The summed E-state index contributed by atoms with van der Waals surface area (Å²) in [4.78, 5) is 26.7. The monoisotopic (exact) mass is 588 g/mol. The van der Waals surface area contributed by atoms with Crippen LogP contribution in [0.3, 0.4) is 0 Å². The quantitative estimate of drug-likeness (QED) is 0.386. The van der Waals surface area contributed by atoms with E-state index in [0.717, 1.165) is 0 Å². The number of alkyl halides is 6. The van der Waals surface area contributed by atoms with Gasteiger partial charge in [-0.15, -0.1) is 0 Å². The minimum Gasteiger partial charge on any atom is -0.368 e. The maximum atomic E-state index is 13.8. The number of amides is 2. The van der Waals surface area contributed by atoms with E-state index in [1.165, 1.54) is 38.1 Å². The first-order valence-corrected chi connectivity index (χ1v) is 13.2. The van der Waals surface area contributed by atoms with Crippen molar-refractivity contribution in [3.63, 3.8) is 0 Å². The Labute approximate surface area is 233 Å². The molecule has 0 spiro atoms. The highest BCUT2D eigenvalue weighted by molar-refractivity contribution is 5.79. The fourth-order valence-corrected chi connectivity index (χ4v) is 6.06. The number of fused-ring (bicyclic) bond motifs is 1. The number of carbonyl (C=O) groups is 2. The SMILES string of the molecule is CC(=O)NC(C)(C)C1CC(=O)N2C[C@H](O[C@H](C)c3cc(C(F)(F)F)cc(C(F)(F)F)c3)C(c3ccc(F)cc3)C2C1. The van der Waals surface area contributed by atoms with Gasteiger partial charge in [-0.3, -0.25) is 9.59 Å². The van der Waals surface area contributed by atoms with Gasteiger partial charge in [0.05, 0.1) is 23.3 Å². The Hall–Kier alpha value is -3.15. The molecule has 2 amide bonds. The summed E-state index contributed by atoms with van der Waals surface area (Å²) >= 11 is 0. The van der Waals surface area contributed by atoms with E-state index in [9.17, 15) is 40.3 Å². The Balaban J connectivity index is 1.70. The van der Waals surface area contributed by atoms with Gasteiger partial charge < -0.3 is 15.0 Å². The minimum absolute atomic E-state index is 0.0499. The van der Waals surface area contributed by atoms with E-state index in [2.05, 4.69) is 5.32 Å². The summed E-state index contributed by atoms with van der Waals surface area (Å²) in [5, 5.41) is 2.88. The summed E-state index contributed by atoms with van der Waals surface area (Å²) in [5.74, 6) is -1.79. The van der Waals surface area contributed by atoms with E-state index in [-0.39, 0.29) is 42.3 Å². The molecule has 2 aliphatic rings. The van der Waals surface area contributed by atoms with Gasteiger partial charge in [0.25, 0.3) is 0 Å². The average molecular weight is 589 g/mol. The van der Waals surface area contributed by atoms with E-state index in [0.29, 0.717) is 24.1 Å². The van der Waals surface area contributed by atoms with Crippen molar-refractivity contribution in [1.29, 1.82) is 0 Å². The first-order chi connectivity index (χ1) is 18.9. The third-order valence-corrected chi connectivity index (χ3v) is 8.09. The van der Waals surface area contributed by atoms with E-state index in [4.69, 9.17) is 4.74 Å². The fraction of sp³-hybridized carbons (Fsp3) is 0.517. The van der Waals surface area contributed by atoms with Crippen LogP contribution in [0.2, 0.25) is 0 Å². The molecule has 2 aromatic carbocycles. The number of hydrogen-bond acceptors (Lipinski definition) is 3. The first-order valence-electron chi connectivity index (χ1n) is 13.2. The molecule has 3 unspecified atom stereocenters. The zero-order valence-electron chi connectivity index (χ0n) is 22.9. The third kappa shape index (κ3) is 6.68. The summed E-state index contributed by atoms with van der Waals surface area (Å²) in [5.41, 5.74) is -3.34. The van der Waals surface area contributed by atoms with Crippen molar-refractivity contribution in [2.75, 3.05) is 6.54 Å². The second kappa shape index (κ2) is 10.9. The highest BCUT2D eigenvalue weighted by Gasteiger charge is 2.51. The van der Waals surface area contributed by atoms with Gasteiger partial charge in [0.15, 0.2) is 0 Å². The molecule has 12 heteroatoms. The van der Waals surface area contributed by atoms with E-state index < -0.39 is 59.0 Å². The zero-order valence-corrected chi connectivity index (χ0v) is 22.9. The normalized spacial score (nSPS) is 24.3. The molecule has 5 atom stereocenters. The molecule has 0 radical (unpaired) electrons. The standard InChI is InChI=1S/C29H31F7N2O3/c1-15(18-9-20(28(31,32)33)11-21(10-18)29(34,35)36)41-24-14-38-23(26(24)17-5-7-22(30)8-6-17)12-19(13-25(38)40)27(3,4)37-16(2)39/h5-11,15,19,23-24,26H,12-14H2,1-4H3,(H,37,39)/t15-,19?,23?,24+,26?/m1/s1. The van der Waals surface area contributed by atoms with Gasteiger partial charge in [0.2, 0.25) is 11.8 Å². The highest BCUT2D eigenvalue weighted by atomic mass is 19.4. The first kappa shape index (κ1) is 30.8.